The van der Waals surface area contributed by atoms with Gasteiger partial charge in [0, 0.05) is 37.2 Å². The molecule has 0 unspecified atom stereocenters. The van der Waals surface area contributed by atoms with Crippen molar-refractivity contribution in [2.45, 2.75) is 19.3 Å². The number of likely N-dealkylation sites (tertiary alicyclic amines) is 1. The van der Waals surface area contributed by atoms with Gasteiger partial charge in [0.2, 0.25) is 5.91 Å². The van der Waals surface area contributed by atoms with Crippen LogP contribution in [-0.2, 0) is 4.79 Å². The molecule has 1 aliphatic heterocycles. The molecule has 3 aromatic rings. The van der Waals surface area contributed by atoms with Crippen LogP contribution in [0, 0.1) is 0 Å². The third-order valence-corrected chi connectivity index (χ3v) is 5.25. The molecule has 1 aromatic heterocycles. The number of phenolic OH excluding ortho intramolecular Hbond substituents is 2. The minimum Gasteiger partial charge on any atom is -0.508 e. The molecule has 31 heavy (non-hydrogen) atoms. The predicted octanol–water partition coefficient (Wildman–Crippen LogP) is 3.16. The Morgan fingerprint density at radius 1 is 1.03 bits per heavy atom. The van der Waals surface area contributed by atoms with Gasteiger partial charge < -0.3 is 25.0 Å². The van der Waals surface area contributed by atoms with Crippen molar-refractivity contribution >= 4 is 11.8 Å². The molecule has 1 saturated heterocycles. The zero-order chi connectivity index (χ0) is 21.8. The quantitative estimate of drug-likeness (QED) is 0.505. The standard InChI is InChI=1S/C23H23N3O5/c27-17-8-4-15(5-9-17)21-20(22(31-25-21)16-6-10-18(28)11-7-16)23(30)24-12-2-14-26-13-1-3-19(26)29/h4-11,27-28H,1-3,12-14H2,(H,24,30). The zero-order valence-electron chi connectivity index (χ0n) is 16.9. The Balaban J connectivity index is 1.56. The van der Waals surface area contributed by atoms with E-state index < -0.39 is 0 Å². The first-order valence-electron chi connectivity index (χ1n) is 10.2. The number of nitrogens with one attached hydrogen (secondary N) is 1. The van der Waals surface area contributed by atoms with Gasteiger partial charge in [-0.2, -0.15) is 0 Å². The number of aromatic hydroxyl groups is 2. The number of hydrogen-bond donors (Lipinski definition) is 3. The number of hydrogen-bond acceptors (Lipinski definition) is 6. The van der Waals surface area contributed by atoms with Crippen molar-refractivity contribution in [2.24, 2.45) is 0 Å². The first kappa shape index (κ1) is 20.5. The van der Waals surface area contributed by atoms with Crippen molar-refractivity contribution in [1.29, 1.82) is 0 Å². The van der Waals surface area contributed by atoms with E-state index in [-0.39, 0.29) is 34.6 Å². The van der Waals surface area contributed by atoms with E-state index in [9.17, 15) is 19.8 Å². The van der Waals surface area contributed by atoms with Crippen LogP contribution in [0.25, 0.3) is 22.6 Å². The average Bonchev–Trinajstić information content (AvgIpc) is 3.39. The van der Waals surface area contributed by atoms with Gasteiger partial charge in [-0.25, -0.2) is 0 Å². The highest BCUT2D eigenvalue weighted by atomic mass is 16.5. The monoisotopic (exact) mass is 421 g/mol. The number of amides is 2. The highest BCUT2D eigenvalue weighted by Gasteiger charge is 2.25. The topological polar surface area (TPSA) is 116 Å². The number of carbonyl (C=O) groups excluding carboxylic acids is 2. The fourth-order valence-corrected chi connectivity index (χ4v) is 3.63. The van der Waals surface area contributed by atoms with Gasteiger partial charge in [0.25, 0.3) is 5.91 Å². The maximum Gasteiger partial charge on any atom is 0.257 e. The van der Waals surface area contributed by atoms with Gasteiger partial charge >= 0.3 is 0 Å². The summed E-state index contributed by atoms with van der Waals surface area (Å²) in [4.78, 5) is 26.6. The Kier molecular flexibility index (Phi) is 5.88. The number of aromatic nitrogens is 1. The Morgan fingerprint density at radius 3 is 2.29 bits per heavy atom. The summed E-state index contributed by atoms with van der Waals surface area (Å²) in [6.07, 6.45) is 2.13. The van der Waals surface area contributed by atoms with Gasteiger partial charge in [-0.1, -0.05) is 5.16 Å². The number of nitrogens with zero attached hydrogens (tertiary/aromatic N) is 2. The lowest BCUT2D eigenvalue weighted by atomic mass is 10.0. The lowest BCUT2D eigenvalue weighted by Crippen LogP contribution is -2.30. The van der Waals surface area contributed by atoms with Crippen molar-refractivity contribution in [1.82, 2.24) is 15.4 Å². The Hall–Kier alpha value is -3.81. The molecular formula is C23H23N3O5. The molecule has 8 nitrogen and oxygen atoms in total. The van der Waals surface area contributed by atoms with Gasteiger partial charge in [-0.3, -0.25) is 9.59 Å². The Bertz CT molecular complexity index is 1010. The summed E-state index contributed by atoms with van der Waals surface area (Å²) in [5.41, 5.74) is 1.85. The van der Waals surface area contributed by atoms with E-state index in [1.54, 1.807) is 24.3 Å². The van der Waals surface area contributed by atoms with Crippen molar-refractivity contribution in [3.05, 3.63) is 54.1 Å². The van der Waals surface area contributed by atoms with Crippen LogP contribution in [0.1, 0.15) is 29.6 Å². The lowest BCUT2D eigenvalue weighted by molar-refractivity contribution is -0.127. The molecule has 3 N–H and O–H groups in total. The molecule has 0 saturated carbocycles. The van der Waals surface area contributed by atoms with Gasteiger partial charge in [-0.15, -0.1) is 0 Å². The summed E-state index contributed by atoms with van der Waals surface area (Å²) in [5.74, 6) is 0.308. The molecule has 1 aliphatic rings. The maximum absolute atomic E-state index is 13.1. The van der Waals surface area contributed by atoms with E-state index in [0.717, 1.165) is 13.0 Å². The minimum absolute atomic E-state index is 0.101. The number of benzene rings is 2. The molecule has 2 heterocycles. The van der Waals surface area contributed by atoms with Crippen molar-refractivity contribution < 1.29 is 24.3 Å². The van der Waals surface area contributed by atoms with Crippen LogP contribution in [0.4, 0.5) is 0 Å². The fraction of sp³-hybridized carbons (Fsp3) is 0.261. The van der Waals surface area contributed by atoms with Gasteiger partial charge in [-0.05, 0) is 61.4 Å². The van der Waals surface area contributed by atoms with Crippen LogP contribution in [-0.4, -0.2) is 51.7 Å². The second-order valence-electron chi connectivity index (χ2n) is 7.42. The summed E-state index contributed by atoms with van der Waals surface area (Å²) in [6.45, 7) is 1.78. The summed E-state index contributed by atoms with van der Waals surface area (Å²) in [7, 11) is 0. The summed E-state index contributed by atoms with van der Waals surface area (Å²) in [6, 6.07) is 12.6. The first-order valence-corrected chi connectivity index (χ1v) is 10.2. The normalized spacial score (nSPS) is 13.5. The third-order valence-electron chi connectivity index (χ3n) is 5.25. The van der Waals surface area contributed by atoms with Gasteiger partial charge in [0.1, 0.15) is 22.8 Å². The van der Waals surface area contributed by atoms with Gasteiger partial charge in [0.05, 0.1) is 0 Å². The van der Waals surface area contributed by atoms with Crippen LogP contribution in [0.3, 0.4) is 0 Å². The number of phenols is 2. The lowest BCUT2D eigenvalue weighted by Gasteiger charge is -2.15. The highest BCUT2D eigenvalue weighted by molar-refractivity contribution is 6.04. The van der Waals surface area contributed by atoms with Crippen LogP contribution in [0.2, 0.25) is 0 Å². The molecule has 0 aliphatic carbocycles. The van der Waals surface area contributed by atoms with Crippen LogP contribution in [0.5, 0.6) is 11.5 Å². The molecular weight excluding hydrogens is 398 g/mol. The molecule has 1 fully saturated rings. The van der Waals surface area contributed by atoms with E-state index in [0.29, 0.717) is 42.8 Å². The molecule has 0 bridgehead atoms. The molecule has 160 valence electrons. The zero-order valence-corrected chi connectivity index (χ0v) is 16.9. The van der Waals surface area contributed by atoms with Crippen molar-refractivity contribution in [3.8, 4) is 34.1 Å². The third kappa shape index (κ3) is 4.53. The second-order valence-corrected chi connectivity index (χ2v) is 7.42. The van der Waals surface area contributed by atoms with E-state index >= 15 is 0 Å². The van der Waals surface area contributed by atoms with E-state index in [2.05, 4.69) is 10.5 Å². The molecule has 4 rings (SSSR count). The minimum atomic E-state index is -0.347. The molecule has 2 amide bonds. The number of rotatable bonds is 7. The molecule has 0 radical (unpaired) electrons. The molecule has 2 aromatic carbocycles. The SMILES string of the molecule is O=C(NCCCN1CCCC1=O)c1c(-c2ccc(O)cc2)noc1-c1ccc(O)cc1. The van der Waals surface area contributed by atoms with Crippen LogP contribution in [0.15, 0.2) is 53.1 Å². The number of carbonyl (C=O) groups is 2. The summed E-state index contributed by atoms with van der Waals surface area (Å²) >= 11 is 0. The first-order chi connectivity index (χ1) is 15.0. The summed E-state index contributed by atoms with van der Waals surface area (Å²) in [5, 5.41) is 26.1. The van der Waals surface area contributed by atoms with Crippen LogP contribution >= 0.6 is 0 Å². The largest absolute Gasteiger partial charge is 0.508 e. The smallest absolute Gasteiger partial charge is 0.257 e. The Labute approximate surface area is 179 Å². The molecule has 0 spiro atoms. The van der Waals surface area contributed by atoms with Crippen molar-refractivity contribution in [3.63, 3.8) is 0 Å². The Morgan fingerprint density at radius 2 is 1.68 bits per heavy atom. The average molecular weight is 421 g/mol. The maximum atomic E-state index is 13.1. The fourth-order valence-electron chi connectivity index (χ4n) is 3.63. The molecule has 0 atom stereocenters. The predicted molar refractivity (Wildman–Crippen MR) is 113 cm³/mol. The highest BCUT2D eigenvalue weighted by Crippen LogP contribution is 2.33. The van der Waals surface area contributed by atoms with Gasteiger partial charge in [0.15, 0.2) is 5.76 Å². The van der Waals surface area contributed by atoms with Crippen LogP contribution < -0.4 is 5.32 Å². The van der Waals surface area contributed by atoms with E-state index in [4.69, 9.17) is 4.52 Å². The molecule has 8 heteroatoms. The van der Waals surface area contributed by atoms with E-state index in [1.807, 2.05) is 4.90 Å². The summed E-state index contributed by atoms with van der Waals surface area (Å²) < 4.78 is 5.52. The van der Waals surface area contributed by atoms with E-state index in [1.165, 1.54) is 24.3 Å². The second kappa shape index (κ2) is 8.91. The van der Waals surface area contributed by atoms with Crippen molar-refractivity contribution in [2.75, 3.05) is 19.6 Å².